The Morgan fingerprint density at radius 1 is 1.12 bits per heavy atom. The molecule has 2 aliphatic rings. The van der Waals surface area contributed by atoms with Gasteiger partial charge in [0.05, 0.1) is 11.6 Å². The van der Waals surface area contributed by atoms with Gasteiger partial charge in [0, 0.05) is 17.5 Å². The van der Waals surface area contributed by atoms with E-state index in [0.717, 1.165) is 36.1 Å². The molecule has 0 unspecified atom stereocenters. The van der Waals surface area contributed by atoms with Crippen LogP contribution in [0.15, 0.2) is 60.0 Å². The molecular formula is C27H27FN2O3S. The highest BCUT2D eigenvalue weighted by atomic mass is 32.1. The number of para-hydroxylation sites is 1. The molecule has 176 valence electrons. The van der Waals surface area contributed by atoms with Crippen LogP contribution < -0.4 is 4.74 Å². The first-order valence-corrected chi connectivity index (χ1v) is 12.5. The van der Waals surface area contributed by atoms with Gasteiger partial charge in [0.2, 0.25) is 5.91 Å². The molecule has 2 aromatic carbocycles. The van der Waals surface area contributed by atoms with Crippen LogP contribution >= 0.6 is 11.3 Å². The largest absolute Gasteiger partial charge is 0.491 e. The number of halogens is 1. The fourth-order valence-electron chi connectivity index (χ4n) is 4.54. The average molecular weight is 479 g/mol. The summed E-state index contributed by atoms with van der Waals surface area (Å²) in [5.41, 5.74) is 2.16. The summed E-state index contributed by atoms with van der Waals surface area (Å²) >= 11 is 1.70. The topological polar surface area (TPSA) is 49.9 Å². The van der Waals surface area contributed by atoms with Crippen LogP contribution in [-0.2, 0) is 11.2 Å². The zero-order valence-corrected chi connectivity index (χ0v) is 19.9. The molecule has 1 aliphatic carbocycles. The van der Waals surface area contributed by atoms with E-state index in [4.69, 9.17) is 4.74 Å². The van der Waals surface area contributed by atoms with Crippen molar-refractivity contribution in [3.8, 4) is 5.75 Å². The SMILES string of the molecule is Cc1ccccc1OC[C@@H]1c2ccsc2CCN1C(=O)CN(C(=O)c1ccccc1F)C1CC1. The number of carbonyl (C=O) groups excluding carboxylic acids is 2. The zero-order chi connectivity index (χ0) is 23.7. The molecule has 1 aromatic heterocycles. The van der Waals surface area contributed by atoms with Crippen LogP contribution in [0.5, 0.6) is 5.75 Å². The predicted molar refractivity (Wildman–Crippen MR) is 130 cm³/mol. The van der Waals surface area contributed by atoms with Gasteiger partial charge in [-0.1, -0.05) is 30.3 Å². The molecule has 34 heavy (non-hydrogen) atoms. The quantitative estimate of drug-likeness (QED) is 0.480. The third-order valence-corrected chi connectivity index (χ3v) is 7.56. The van der Waals surface area contributed by atoms with Crippen molar-refractivity contribution in [2.75, 3.05) is 19.7 Å². The van der Waals surface area contributed by atoms with E-state index in [1.807, 2.05) is 36.1 Å². The molecule has 5 rings (SSSR count). The Morgan fingerprint density at radius 2 is 1.88 bits per heavy atom. The molecule has 1 atom stereocenters. The Kier molecular flexibility index (Phi) is 6.37. The van der Waals surface area contributed by atoms with E-state index in [-0.39, 0.29) is 30.1 Å². The van der Waals surface area contributed by atoms with Gasteiger partial charge in [-0.2, -0.15) is 0 Å². The van der Waals surface area contributed by atoms with Crippen molar-refractivity contribution in [3.63, 3.8) is 0 Å². The number of fused-ring (bicyclic) bond motifs is 1. The van der Waals surface area contributed by atoms with E-state index >= 15 is 0 Å². The van der Waals surface area contributed by atoms with Crippen LogP contribution in [-0.4, -0.2) is 47.4 Å². The Morgan fingerprint density at radius 3 is 2.65 bits per heavy atom. The third-order valence-electron chi connectivity index (χ3n) is 6.56. The number of ether oxygens (including phenoxy) is 1. The Balaban J connectivity index is 1.36. The summed E-state index contributed by atoms with van der Waals surface area (Å²) < 4.78 is 20.5. The van der Waals surface area contributed by atoms with E-state index in [1.165, 1.54) is 17.0 Å². The minimum absolute atomic E-state index is 0.0143. The second-order valence-electron chi connectivity index (χ2n) is 8.87. The van der Waals surface area contributed by atoms with Crippen LogP contribution in [0.25, 0.3) is 0 Å². The lowest BCUT2D eigenvalue weighted by Crippen LogP contribution is -2.48. The number of hydrogen-bond donors (Lipinski definition) is 0. The maximum absolute atomic E-state index is 14.3. The first kappa shape index (κ1) is 22.6. The molecule has 0 spiro atoms. The van der Waals surface area contributed by atoms with E-state index in [0.29, 0.717) is 13.2 Å². The molecule has 0 saturated heterocycles. The number of rotatable bonds is 7. The summed E-state index contributed by atoms with van der Waals surface area (Å²) in [6, 6.07) is 15.6. The summed E-state index contributed by atoms with van der Waals surface area (Å²) in [5, 5.41) is 2.05. The highest BCUT2D eigenvalue weighted by molar-refractivity contribution is 7.10. The van der Waals surface area contributed by atoms with E-state index in [1.54, 1.807) is 28.4 Å². The number of hydrogen-bond acceptors (Lipinski definition) is 4. The molecule has 7 heteroatoms. The van der Waals surface area contributed by atoms with Gasteiger partial charge in [-0.25, -0.2) is 4.39 Å². The first-order chi connectivity index (χ1) is 16.5. The van der Waals surface area contributed by atoms with E-state index < -0.39 is 11.7 Å². The Hall–Kier alpha value is -3.19. The van der Waals surface area contributed by atoms with Gasteiger partial charge in [0.1, 0.15) is 24.7 Å². The second kappa shape index (κ2) is 9.58. The molecule has 1 fully saturated rings. The second-order valence-corrected chi connectivity index (χ2v) is 9.87. The van der Waals surface area contributed by atoms with Crippen molar-refractivity contribution >= 4 is 23.2 Å². The van der Waals surface area contributed by atoms with Crippen molar-refractivity contribution in [1.29, 1.82) is 0 Å². The number of carbonyl (C=O) groups is 2. The molecule has 0 bridgehead atoms. The van der Waals surface area contributed by atoms with Crippen molar-refractivity contribution in [2.45, 2.75) is 38.3 Å². The van der Waals surface area contributed by atoms with Crippen molar-refractivity contribution in [2.24, 2.45) is 0 Å². The molecule has 1 saturated carbocycles. The fraction of sp³-hybridized carbons (Fsp3) is 0.333. The maximum atomic E-state index is 14.3. The number of aryl methyl sites for hydroxylation is 1. The van der Waals surface area contributed by atoms with Crippen molar-refractivity contribution in [3.05, 3.63) is 87.4 Å². The first-order valence-electron chi connectivity index (χ1n) is 11.6. The van der Waals surface area contributed by atoms with Gasteiger partial charge in [-0.05, 0) is 67.0 Å². The van der Waals surface area contributed by atoms with Crippen molar-refractivity contribution < 1.29 is 18.7 Å². The number of nitrogens with zero attached hydrogens (tertiary/aromatic N) is 2. The molecule has 5 nitrogen and oxygen atoms in total. The van der Waals surface area contributed by atoms with Crippen molar-refractivity contribution in [1.82, 2.24) is 9.80 Å². The van der Waals surface area contributed by atoms with Crippen LogP contribution in [0.2, 0.25) is 0 Å². The molecular weight excluding hydrogens is 451 g/mol. The minimum Gasteiger partial charge on any atom is -0.491 e. The average Bonchev–Trinajstić information content (AvgIpc) is 3.57. The fourth-order valence-corrected chi connectivity index (χ4v) is 5.47. The zero-order valence-electron chi connectivity index (χ0n) is 19.1. The Bertz CT molecular complexity index is 1210. The number of thiophene rings is 1. The summed E-state index contributed by atoms with van der Waals surface area (Å²) in [4.78, 5) is 31.4. The third kappa shape index (κ3) is 4.57. The molecule has 0 N–H and O–H groups in total. The number of amides is 2. The van der Waals surface area contributed by atoms with Gasteiger partial charge in [0.15, 0.2) is 0 Å². The summed E-state index contributed by atoms with van der Waals surface area (Å²) in [5.74, 6) is -0.315. The maximum Gasteiger partial charge on any atom is 0.257 e. The molecule has 2 heterocycles. The highest BCUT2D eigenvalue weighted by Crippen LogP contribution is 2.35. The summed E-state index contributed by atoms with van der Waals surface area (Å²) in [6.45, 7) is 2.85. The molecule has 3 aromatic rings. The summed E-state index contributed by atoms with van der Waals surface area (Å²) in [7, 11) is 0. The minimum atomic E-state index is -0.559. The van der Waals surface area contributed by atoms with Gasteiger partial charge in [-0.3, -0.25) is 9.59 Å². The number of benzene rings is 2. The lowest BCUT2D eigenvalue weighted by Gasteiger charge is -2.37. The predicted octanol–water partition coefficient (Wildman–Crippen LogP) is 5.01. The van der Waals surface area contributed by atoms with E-state index in [9.17, 15) is 14.0 Å². The summed E-state index contributed by atoms with van der Waals surface area (Å²) in [6.07, 6.45) is 2.45. The lowest BCUT2D eigenvalue weighted by molar-refractivity contribution is -0.135. The van der Waals surface area contributed by atoms with Crippen LogP contribution in [0.3, 0.4) is 0 Å². The normalized spacial score (nSPS) is 17.2. The monoisotopic (exact) mass is 478 g/mol. The smallest absolute Gasteiger partial charge is 0.257 e. The van der Waals surface area contributed by atoms with Gasteiger partial charge in [-0.15, -0.1) is 11.3 Å². The van der Waals surface area contributed by atoms with Gasteiger partial charge >= 0.3 is 0 Å². The van der Waals surface area contributed by atoms with Crippen LogP contribution in [0, 0.1) is 12.7 Å². The van der Waals surface area contributed by atoms with Crippen LogP contribution in [0.4, 0.5) is 4.39 Å². The lowest BCUT2D eigenvalue weighted by atomic mass is 10.00. The van der Waals surface area contributed by atoms with Gasteiger partial charge in [0.25, 0.3) is 5.91 Å². The van der Waals surface area contributed by atoms with Gasteiger partial charge < -0.3 is 14.5 Å². The highest BCUT2D eigenvalue weighted by Gasteiger charge is 2.38. The Labute approximate surface area is 202 Å². The van der Waals surface area contributed by atoms with E-state index in [2.05, 4.69) is 11.4 Å². The molecule has 1 aliphatic heterocycles. The van der Waals surface area contributed by atoms with Crippen LogP contribution in [0.1, 0.15) is 45.2 Å². The molecule has 2 amide bonds. The standard InChI is InChI=1S/C27H27FN2O3S/c1-18-6-2-5-9-24(18)33-17-23-21-13-15-34-25(21)12-14-29(23)26(31)16-30(19-10-11-19)27(32)20-7-3-4-8-22(20)28/h2-9,13,15,19,23H,10-12,14,16-17H2,1H3/t23-/m1/s1. The molecule has 0 radical (unpaired) electrons.